The number of pyridine rings is 1. The lowest BCUT2D eigenvalue weighted by atomic mass is 10.1. The maximum Gasteiger partial charge on any atom is 0.274 e. The summed E-state index contributed by atoms with van der Waals surface area (Å²) in [5.41, 5.74) is 2.87. The number of hydrogen-bond donors (Lipinski definition) is 2. The van der Waals surface area contributed by atoms with Crippen LogP contribution < -0.4 is 10.6 Å². The van der Waals surface area contributed by atoms with Gasteiger partial charge in [-0.3, -0.25) is 15.1 Å². The van der Waals surface area contributed by atoms with E-state index in [2.05, 4.69) is 30.5 Å². The second-order valence-electron chi connectivity index (χ2n) is 7.11. The molecular weight excluding hydrogens is 382 g/mol. The molecule has 3 rings (SSSR count). The van der Waals surface area contributed by atoms with Crippen LogP contribution in [0.1, 0.15) is 12.0 Å². The first-order chi connectivity index (χ1) is 14.4. The summed E-state index contributed by atoms with van der Waals surface area (Å²) in [5, 5.41) is 17.7. The average Bonchev–Trinajstić information content (AvgIpc) is 2.73. The summed E-state index contributed by atoms with van der Waals surface area (Å²) in [6, 6.07) is 10.5. The molecule has 0 aliphatic carbocycles. The highest BCUT2D eigenvalue weighted by molar-refractivity contribution is 5.70. The fourth-order valence-electron chi connectivity index (χ4n) is 2.95. The zero-order chi connectivity index (χ0) is 21.5. The van der Waals surface area contributed by atoms with Crippen LogP contribution in [0.3, 0.4) is 0 Å². The van der Waals surface area contributed by atoms with Gasteiger partial charge in [0.15, 0.2) is 0 Å². The van der Waals surface area contributed by atoms with Crippen LogP contribution in [-0.4, -0.2) is 52.0 Å². The highest BCUT2D eigenvalue weighted by Gasteiger charge is 2.14. The van der Waals surface area contributed by atoms with Crippen LogP contribution in [0, 0.1) is 17.0 Å². The van der Waals surface area contributed by atoms with E-state index >= 15 is 0 Å². The minimum atomic E-state index is -0.388. The number of nitro benzene ring substituents is 1. The molecule has 3 aromatic rings. The number of hydrogen-bond acceptors (Lipinski definition) is 8. The number of anilines is 3. The van der Waals surface area contributed by atoms with E-state index in [-0.39, 0.29) is 10.6 Å². The monoisotopic (exact) mass is 407 g/mol. The molecule has 0 unspecified atom stereocenters. The summed E-state index contributed by atoms with van der Waals surface area (Å²) >= 11 is 0. The lowest BCUT2D eigenvalue weighted by molar-refractivity contribution is -0.385. The standard InChI is InChI=1S/C21H25N7O2/c1-15-17(6-4-7-19(15)28(29)30)24-20-14-18(16-8-11-22-12-9-16)25-21(26-20)23-10-5-13-27(2)3/h4,6-9,11-12,14H,5,10,13H2,1-3H3,(H2,23,24,25,26). The topological polar surface area (TPSA) is 109 Å². The van der Waals surface area contributed by atoms with Gasteiger partial charge in [-0.2, -0.15) is 4.98 Å². The minimum Gasteiger partial charge on any atom is -0.354 e. The zero-order valence-electron chi connectivity index (χ0n) is 17.3. The molecule has 0 fully saturated rings. The van der Waals surface area contributed by atoms with E-state index in [1.165, 1.54) is 6.07 Å². The lowest BCUT2D eigenvalue weighted by Crippen LogP contribution is -2.17. The molecule has 0 aliphatic rings. The molecule has 2 N–H and O–H groups in total. The molecule has 0 saturated carbocycles. The Labute approximate surface area is 175 Å². The Kier molecular flexibility index (Phi) is 6.87. The number of benzene rings is 1. The number of nitro groups is 1. The second kappa shape index (κ2) is 9.75. The van der Waals surface area contributed by atoms with E-state index in [0.717, 1.165) is 30.8 Å². The van der Waals surface area contributed by atoms with Crippen molar-refractivity contribution in [2.75, 3.05) is 37.8 Å². The second-order valence-corrected chi connectivity index (χ2v) is 7.11. The van der Waals surface area contributed by atoms with Crippen molar-refractivity contribution in [1.82, 2.24) is 19.9 Å². The normalized spacial score (nSPS) is 10.8. The first kappa shape index (κ1) is 21.1. The molecule has 0 amide bonds. The summed E-state index contributed by atoms with van der Waals surface area (Å²) in [6.45, 7) is 3.40. The number of rotatable bonds is 9. The molecule has 30 heavy (non-hydrogen) atoms. The SMILES string of the molecule is Cc1c(Nc2cc(-c3ccncc3)nc(NCCCN(C)C)n2)cccc1[N+](=O)[O-]. The quantitative estimate of drug-likeness (QED) is 0.313. The van der Waals surface area contributed by atoms with Crippen LogP contribution in [0.5, 0.6) is 0 Å². The first-order valence-corrected chi connectivity index (χ1v) is 9.63. The lowest BCUT2D eigenvalue weighted by Gasteiger charge is -2.13. The Morgan fingerprint density at radius 1 is 1.13 bits per heavy atom. The number of aromatic nitrogens is 3. The van der Waals surface area contributed by atoms with Crippen LogP contribution in [0.25, 0.3) is 11.3 Å². The molecule has 0 saturated heterocycles. The van der Waals surface area contributed by atoms with Gasteiger partial charge in [0.25, 0.3) is 5.69 Å². The minimum absolute atomic E-state index is 0.0606. The van der Waals surface area contributed by atoms with Gasteiger partial charge in [0.2, 0.25) is 5.95 Å². The highest BCUT2D eigenvalue weighted by atomic mass is 16.6. The fraction of sp³-hybridized carbons (Fsp3) is 0.286. The van der Waals surface area contributed by atoms with Crippen LogP contribution in [0.4, 0.5) is 23.1 Å². The van der Waals surface area contributed by atoms with Crippen LogP contribution >= 0.6 is 0 Å². The Hall–Kier alpha value is -3.59. The maximum atomic E-state index is 11.2. The van der Waals surface area contributed by atoms with E-state index in [0.29, 0.717) is 23.0 Å². The third-order valence-electron chi connectivity index (χ3n) is 4.53. The molecular formula is C21H25N7O2. The van der Waals surface area contributed by atoms with Gasteiger partial charge in [0.1, 0.15) is 5.82 Å². The molecule has 156 valence electrons. The third-order valence-corrected chi connectivity index (χ3v) is 4.53. The van der Waals surface area contributed by atoms with E-state index in [4.69, 9.17) is 0 Å². The Morgan fingerprint density at radius 2 is 1.90 bits per heavy atom. The van der Waals surface area contributed by atoms with Gasteiger partial charge in [-0.05, 0) is 52.2 Å². The van der Waals surface area contributed by atoms with E-state index < -0.39 is 0 Å². The summed E-state index contributed by atoms with van der Waals surface area (Å²) in [6.07, 6.45) is 4.36. The van der Waals surface area contributed by atoms with Crippen LogP contribution in [0.2, 0.25) is 0 Å². The van der Waals surface area contributed by atoms with Crippen LogP contribution in [-0.2, 0) is 0 Å². The van der Waals surface area contributed by atoms with E-state index in [1.807, 2.05) is 32.3 Å². The van der Waals surface area contributed by atoms with Crippen molar-refractivity contribution in [2.45, 2.75) is 13.3 Å². The molecule has 9 heteroatoms. The van der Waals surface area contributed by atoms with Crippen molar-refractivity contribution in [3.05, 3.63) is 64.5 Å². The fourth-order valence-corrected chi connectivity index (χ4v) is 2.95. The van der Waals surface area contributed by atoms with Crippen molar-refractivity contribution in [3.8, 4) is 11.3 Å². The maximum absolute atomic E-state index is 11.2. The first-order valence-electron chi connectivity index (χ1n) is 9.63. The predicted octanol–water partition coefficient (Wildman–Crippen LogP) is 3.86. The van der Waals surface area contributed by atoms with Crippen molar-refractivity contribution in [1.29, 1.82) is 0 Å². The molecule has 0 bridgehead atoms. The molecule has 0 radical (unpaired) electrons. The molecule has 2 heterocycles. The van der Waals surface area contributed by atoms with Gasteiger partial charge >= 0.3 is 0 Å². The van der Waals surface area contributed by atoms with E-state index in [1.54, 1.807) is 31.5 Å². The largest absolute Gasteiger partial charge is 0.354 e. The molecule has 9 nitrogen and oxygen atoms in total. The van der Waals surface area contributed by atoms with Crippen molar-refractivity contribution >= 4 is 23.1 Å². The summed E-state index contributed by atoms with van der Waals surface area (Å²) in [5.74, 6) is 1.05. The molecule has 0 aliphatic heterocycles. The van der Waals surface area contributed by atoms with Crippen molar-refractivity contribution in [2.24, 2.45) is 0 Å². The van der Waals surface area contributed by atoms with E-state index in [9.17, 15) is 10.1 Å². The summed E-state index contributed by atoms with van der Waals surface area (Å²) in [7, 11) is 4.06. The zero-order valence-corrected chi connectivity index (χ0v) is 17.3. The van der Waals surface area contributed by atoms with Gasteiger partial charge in [0.05, 0.1) is 16.2 Å². The average molecular weight is 407 g/mol. The highest BCUT2D eigenvalue weighted by Crippen LogP contribution is 2.29. The van der Waals surface area contributed by atoms with Gasteiger partial charge < -0.3 is 15.5 Å². The summed E-state index contributed by atoms with van der Waals surface area (Å²) < 4.78 is 0. The Balaban J connectivity index is 1.90. The number of nitrogens with one attached hydrogen (secondary N) is 2. The summed E-state index contributed by atoms with van der Waals surface area (Å²) in [4.78, 5) is 26.2. The van der Waals surface area contributed by atoms with Gasteiger partial charge in [-0.15, -0.1) is 0 Å². The molecule has 2 aromatic heterocycles. The Bertz CT molecular complexity index is 1010. The molecule has 0 atom stereocenters. The number of nitrogens with zero attached hydrogens (tertiary/aromatic N) is 5. The smallest absolute Gasteiger partial charge is 0.274 e. The third kappa shape index (κ3) is 5.48. The van der Waals surface area contributed by atoms with Gasteiger partial charge in [-0.25, -0.2) is 4.98 Å². The molecule has 1 aromatic carbocycles. The van der Waals surface area contributed by atoms with Gasteiger partial charge in [0, 0.05) is 42.3 Å². The Morgan fingerprint density at radius 3 is 2.60 bits per heavy atom. The van der Waals surface area contributed by atoms with Crippen molar-refractivity contribution in [3.63, 3.8) is 0 Å². The predicted molar refractivity (Wildman–Crippen MR) is 118 cm³/mol. The molecule has 0 spiro atoms. The van der Waals surface area contributed by atoms with Crippen LogP contribution in [0.15, 0.2) is 48.8 Å². The van der Waals surface area contributed by atoms with Crippen molar-refractivity contribution < 1.29 is 4.92 Å². The van der Waals surface area contributed by atoms with Gasteiger partial charge in [-0.1, -0.05) is 6.07 Å².